The van der Waals surface area contributed by atoms with Crippen LogP contribution in [0.4, 0.5) is 5.69 Å². The van der Waals surface area contributed by atoms with Gasteiger partial charge in [-0.1, -0.05) is 47.5 Å². The average molecular weight is 421 g/mol. The molecule has 3 rings (SSSR count). The lowest BCUT2D eigenvalue weighted by Gasteiger charge is -2.13. The van der Waals surface area contributed by atoms with Crippen LogP contribution in [0.5, 0.6) is 0 Å². The number of para-hydroxylation sites is 1. The number of oxazole rings is 1. The second kappa shape index (κ2) is 8.83. The maximum absolute atomic E-state index is 12.5. The quantitative estimate of drug-likeness (QED) is 0.514. The molecule has 0 aliphatic heterocycles. The minimum atomic E-state index is -0.311. The minimum absolute atomic E-state index is 0.167. The summed E-state index contributed by atoms with van der Waals surface area (Å²) in [6, 6.07) is 14.8. The number of amides is 1. The number of carbonyl (C=O) groups excluding carboxylic acids is 1. The maximum Gasteiger partial charge on any atom is 0.237 e. The molecule has 0 fully saturated rings. The first kappa shape index (κ1) is 19.8. The highest BCUT2D eigenvalue weighted by Gasteiger charge is 2.19. The van der Waals surface area contributed by atoms with E-state index in [0.717, 1.165) is 17.0 Å². The van der Waals surface area contributed by atoms with Crippen molar-refractivity contribution in [2.24, 2.45) is 0 Å². The Hall–Kier alpha value is -1.95. The summed E-state index contributed by atoms with van der Waals surface area (Å²) in [7, 11) is 0. The van der Waals surface area contributed by atoms with Crippen molar-refractivity contribution in [3.63, 3.8) is 0 Å². The largest absolute Gasteiger partial charge is 0.441 e. The summed E-state index contributed by atoms with van der Waals surface area (Å²) in [5.41, 5.74) is 2.19. The number of halogens is 2. The van der Waals surface area contributed by atoms with E-state index in [-0.39, 0.29) is 11.2 Å². The van der Waals surface area contributed by atoms with E-state index in [4.69, 9.17) is 27.6 Å². The lowest BCUT2D eigenvalue weighted by atomic mass is 10.2. The summed E-state index contributed by atoms with van der Waals surface area (Å²) in [5.74, 6) is 1.73. The molecular weight excluding hydrogens is 403 g/mol. The second-order valence-corrected chi connectivity index (χ2v) is 8.07. The van der Waals surface area contributed by atoms with E-state index in [1.165, 1.54) is 11.8 Å². The van der Waals surface area contributed by atoms with Crippen LogP contribution in [0.1, 0.15) is 18.4 Å². The van der Waals surface area contributed by atoms with Crippen LogP contribution in [-0.2, 0) is 10.5 Å². The highest BCUT2D eigenvalue weighted by atomic mass is 35.5. The van der Waals surface area contributed by atoms with E-state index >= 15 is 0 Å². The van der Waals surface area contributed by atoms with Crippen molar-refractivity contribution in [1.82, 2.24) is 4.98 Å². The number of thioether (sulfide) groups is 1. The van der Waals surface area contributed by atoms with Gasteiger partial charge in [0.2, 0.25) is 11.8 Å². The summed E-state index contributed by atoms with van der Waals surface area (Å²) in [6.07, 6.45) is 0. The summed E-state index contributed by atoms with van der Waals surface area (Å²) in [5, 5.41) is 3.30. The van der Waals surface area contributed by atoms with E-state index in [9.17, 15) is 4.79 Å². The Balaban J connectivity index is 1.63. The molecule has 0 aliphatic rings. The number of anilines is 1. The molecule has 4 nitrogen and oxygen atoms in total. The van der Waals surface area contributed by atoms with E-state index in [0.29, 0.717) is 27.4 Å². The molecule has 1 amide bonds. The third-order valence-electron chi connectivity index (χ3n) is 3.96. The molecule has 0 spiro atoms. The van der Waals surface area contributed by atoms with Crippen molar-refractivity contribution in [1.29, 1.82) is 0 Å². The van der Waals surface area contributed by atoms with Gasteiger partial charge in [0.25, 0.3) is 0 Å². The van der Waals surface area contributed by atoms with E-state index < -0.39 is 0 Å². The van der Waals surface area contributed by atoms with Crippen LogP contribution in [0.3, 0.4) is 0 Å². The van der Waals surface area contributed by atoms with E-state index in [2.05, 4.69) is 10.3 Å². The van der Waals surface area contributed by atoms with Crippen LogP contribution >= 0.6 is 35.0 Å². The Morgan fingerprint density at radius 3 is 2.48 bits per heavy atom. The Labute approximate surface area is 172 Å². The van der Waals surface area contributed by atoms with E-state index in [1.54, 1.807) is 18.2 Å². The van der Waals surface area contributed by atoms with Crippen LogP contribution in [-0.4, -0.2) is 16.1 Å². The zero-order valence-electron chi connectivity index (χ0n) is 14.8. The van der Waals surface area contributed by atoms with Gasteiger partial charge in [-0.2, -0.15) is 0 Å². The lowest BCUT2D eigenvalue weighted by Crippen LogP contribution is -2.23. The van der Waals surface area contributed by atoms with Crippen LogP contribution in [0, 0.1) is 6.92 Å². The van der Waals surface area contributed by atoms with Gasteiger partial charge in [-0.15, -0.1) is 11.8 Å². The van der Waals surface area contributed by atoms with Gasteiger partial charge in [-0.25, -0.2) is 4.98 Å². The van der Waals surface area contributed by atoms with E-state index in [1.807, 2.05) is 44.2 Å². The van der Waals surface area contributed by atoms with Gasteiger partial charge in [0.1, 0.15) is 5.76 Å². The zero-order chi connectivity index (χ0) is 19.4. The molecule has 1 aromatic heterocycles. The summed E-state index contributed by atoms with van der Waals surface area (Å²) in [4.78, 5) is 17.0. The van der Waals surface area contributed by atoms with Gasteiger partial charge in [0.05, 0.1) is 26.7 Å². The number of benzene rings is 2. The summed E-state index contributed by atoms with van der Waals surface area (Å²) >= 11 is 13.7. The number of nitrogens with zero attached hydrogens (tertiary/aromatic N) is 1. The predicted molar refractivity (Wildman–Crippen MR) is 113 cm³/mol. The first-order chi connectivity index (χ1) is 13.0. The SMILES string of the molecule is Cc1oc(-c2ccccc2)nc1CS[C@@H](C)C(=O)Nc1c(Cl)cccc1Cl. The Morgan fingerprint density at radius 2 is 1.81 bits per heavy atom. The number of aryl methyl sites for hydroxylation is 1. The van der Waals surface area contributed by atoms with Gasteiger partial charge in [-0.3, -0.25) is 4.79 Å². The molecule has 1 N–H and O–H groups in total. The normalized spacial score (nSPS) is 12.0. The highest BCUT2D eigenvalue weighted by molar-refractivity contribution is 7.99. The number of rotatable bonds is 6. The van der Waals surface area contributed by atoms with Crippen LogP contribution in [0.2, 0.25) is 10.0 Å². The fourth-order valence-corrected chi connectivity index (χ4v) is 3.77. The molecule has 1 atom stereocenters. The Morgan fingerprint density at radius 1 is 1.15 bits per heavy atom. The number of hydrogen-bond donors (Lipinski definition) is 1. The molecule has 0 radical (unpaired) electrons. The van der Waals surface area contributed by atoms with Gasteiger partial charge < -0.3 is 9.73 Å². The Kier molecular flexibility index (Phi) is 6.47. The van der Waals surface area contributed by atoms with Crippen LogP contribution in [0.15, 0.2) is 52.9 Å². The van der Waals surface area contributed by atoms with Crippen molar-refractivity contribution < 1.29 is 9.21 Å². The summed E-state index contributed by atoms with van der Waals surface area (Å²) < 4.78 is 5.76. The standard InChI is InChI=1S/C20H18Cl2N2O2S/c1-12-17(23-20(26-12)14-7-4-3-5-8-14)11-27-13(2)19(25)24-18-15(21)9-6-10-16(18)22/h3-10,13H,11H2,1-2H3,(H,24,25)/t13-/m0/s1. The smallest absolute Gasteiger partial charge is 0.237 e. The van der Waals surface area contributed by atoms with Gasteiger partial charge in [-0.05, 0) is 38.1 Å². The second-order valence-electron chi connectivity index (χ2n) is 5.93. The van der Waals surface area contributed by atoms with Gasteiger partial charge >= 0.3 is 0 Å². The zero-order valence-corrected chi connectivity index (χ0v) is 17.2. The third-order valence-corrected chi connectivity index (χ3v) is 5.75. The first-order valence-electron chi connectivity index (χ1n) is 8.34. The first-order valence-corrected chi connectivity index (χ1v) is 10.1. The number of nitrogens with one attached hydrogen (secondary N) is 1. The topological polar surface area (TPSA) is 55.1 Å². The summed E-state index contributed by atoms with van der Waals surface area (Å²) in [6.45, 7) is 3.71. The molecule has 7 heteroatoms. The Bertz CT molecular complexity index is 924. The third kappa shape index (κ3) is 4.86. The molecule has 0 bridgehead atoms. The molecule has 0 saturated carbocycles. The van der Waals surface area contributed by atoms with Crippen molar-refractivity contribution >= 4 is 46.6 Å². The number of aromatic nitrogens is 1. The fraction of sp³-hybridized carbons (Fsp3) is 0.200. The van der Waals surface area contributed by atoms with Gasteiger partial charge in [0, 0.05) is 11.3 Å². The average Bonchev–Trinajstić information content (AvgIpc) is 3.04. The van der Waals surface area contributed by atoms with Crippen molar-refractivity contribution in [2.75, 3.05) is 5.32 Å². The van der Waals surface area contributed by atoms with Gasteiger partial charge in [0.15, 0.2) is 0 Å². The van der Waals surface area contributed by atoms with Crippen LogP contribution < -0.4 is 5.32 Å². The molecular formula is C20H18Cl2N2O2S. The molecule has 1 heterocycles. The molecule has 2 aromatic carbocycles. The monoisotopic (exact) mass is 420 g/mol. The van der Waals surface area contributed by atoms with Crippen molar-refractivity contribution in [2.45, 2.75) is 24.9 Å². The maximum atomic E-state index is 12.5. The number of carbonyl (C=O) groups is 1. The minimum Gasteiger partial charge on any atom is -0.441 e. The van der Waals surface area contributed by atoms with Crippen LogP contribution in [0.25, 0.3) is 11.5 Å². The number of hydrogen-bond acceptors (Lipinski definition) is 4. The molecule has 0 aliphatic carbocycles. The molecule has 0 saturated heterocycles. The molecule has 0 unspecified atom stereocenters. The van der Waals surface area contributed by atoms with Crippen molar-refractivity contribution in [3.05, 3.63) is 70.0 Å². The molecule has 140 valence electrons. The van der Waals surface area contributed by atoms with Crippen molar-refractivity contribution in [3.8, 4) is 11.5 Å². The molecule has 3 aromatic rings. The highest BCUT2D eigenvalue weighted by Crippen LogP contribution is 2.31. The molecule has 27 heavy (non-hydrogen) atoms. The lowest BCUT2D eigenvalue weighted by molar-refractivity contribution is -0.115. The predicted octanol–water partition coefficient (Wildman–Crippen LogP) is 6.22. The fourth-order valence-electron chi connectivity index (χ4n) is 2.39.